The summed E-state index contributed by atoms with van der Waals surface area (Å²) in [6, 6.07) is 9.76. The monoisotopic (exact) mass is 248 g/mol. The third-order valence-electron chi connectivity index (χ3n) is 2.48. The highest BCUT2D eigenvalue weighted by Crippen LogP contribution is 2.11. The first-order valence-electron chi connectivity index (χ1n) is 6.03. The van der Waals surface area contributed by atoms with E-state index in [1.807, 2.05) is 30.3 Å². The Hall–Kier alpha value is -1.84. The first-order valence-corrected chi connectivity index (χ1v) is 6.03. The van der Waals surface area contributed by atoms with Crippen LogP contribution in [0.5, 0.6) is 0 Å². The van der Waals surface area contributed by atoms with Crippen LogP contribution in [0.3, 0.4) is 0 Å². The van der Waals surface area contributed by atoms with Gasteiger partial charge in [-0.3, -0.25) is 20.4 Å². The molecule has 0 atom stereocenters. The average molecular weight is 248 g/mol. The minimum Gasteiger partial charge on any atom is -0.273 e. The van der Waals surface area contributed by atoms with Crippen LogP contribution in [-0.2, 0) is 16.0 Å². The second-order valence-electron chi connectivity index (χ2n) is 5.24. The molecule has 18 heavy (non-hydrogen) atoms. The molecule has 0 aliphatic carbocycles. The first-order chi connectivity index (χ1) is 8.39. The van der Waals surface area contributed by atoms with E-state index in [9.17, 15) is 9.59 Å². The molecule has 0 spiro atoms. The van der Waals surface area contributed by atoms with E-state index in [1.165, 1.54) is 0 Å². The lowest BCUT2D eigenvalue weighted by molar-refractivity contribution is -0.133. The molecule has 1 aromatic rings. The lowest BCUT2D eigenvalue weighted by atomic mass is 9.96. The van der Waals surface area contributed by atoms with E-state index in [-0.39, 0.29) is 11.8 Å². The zero-order chi connectivity index (χ0) is 13.6. The number of hydrazine groups is 1. The van der Waals surface area contributed by atoms with Crippen molar-refractivity contribution in [3.05, 3.63) is 35.9 Å². The molecule has 0 saturated carbocycles. The summed E-state index contributed by atoms with van der Waals surface area (Å²) in [5.74, 6) is -0.382. The Morgan fingerprint density at radius 3 is 2.22 bits per heavy atom. The van der Waals surface area contributed by atoms with Gasteiger partial charge in [0, 0.05) is 11.8 Å². The van der Waals surface area contributed by atoms with Crippen molar-refractivity contribution in [1.82, 2.24) is 10.9 Å². The Morgan fingerprint density at radius 1 is 1.06 bits per heavy atom. The van der Waals surface area contributed by atoms with Crippen LogP contribution in [-0.4, -0.2) is 11.8 Å². The Bertz CT molecular complexity index is 408. The highest BCUT2D eigenvalue weighted by Gasteiger charge is 2.21. The van der Waals surface area contributed by atoms with E-state index < -0.39 is 5.41 Å². The Kier molecular flexibility index (Phi) is 4.89. The van der Waals surface area contributed by atoms with Crippen LogP contribution < -0.4 is 10.9 Å². The molecule has 0 heterocycles. The molecule has 1 aromatic carbocycles. The Balaban J connectivity index is 2.29. The summed E-state index contributed by atoms with van der Waals surface area (Å²) < 4.78 is 0. The fourth-order valence-electron chi connectivity index (χ4n) is 1.28. The number of benzene rings is 1. The van der Waals surface area contributed by atoms with Crippen molar-refractivity contribution in [3.8, 4) is 0 Å². The molecular weight excluding hydrogens is 228 g/mol. The third kappa shape index (κ3) is 4.99. The summed E-state index contributed by atoms with van der Waals surface area (Å²) in [4.78, 5) is 23.0. The van der Waals surface area contributed by atoms with E-state index in [0.717, 1.165) is 5.56 Å². The average Bonchev–Trinajstić information content (AvgIpc) is 2.33. The first kappa shape index (κ1) is 14.2. The maximum atomic E-state index is 11.5. The van der Waals surface area contributed by atoms with Gasteiger partial charge in [-0.25, -0.2) is 0 Å². The third-order valence-corrected chi connectivity index (χ3v) is 2.48. The summed E-state index contributed by atoms with van der Waals surface area (Å²) in [5.41, 5.74) is 5.44. The van der Waals surface area contributed by atoms with Crippen molar-refractivity contribution in [2.45, 2.75) is 33.6 Å². The number of carbonyl (C=O) groups excluding carboxylic acids is 2. The lowest BCUT2D eigenvalue weighted by Gasteiger charge is -2.17. The molecule has 4 heteroatoms. The van der Waals surface area contributed by atoms with Crippen LogP contribution in [0.25, 0.3) is 0 Å². The van der Waals surface area contributed by atoms with E-state index in [4.69, 9.17) is 0 Å². The maximum absolute atomic E-state index is 11.5. The molecule has 0 unspecified atom stereocenters. The fraction of sp³-hybridized carbons (Fsp3) is 0.429. The molecule has 0 aromatic heterocycles. The topological polar surface area (TPSA) is 58.2 Å². The Labute approximate surface area is 108 Å². The molecule has 0 saturated heterocycles. The van der Waals surface area contributed by atoms with E-state index >= 15 is 0 Å². The summed E-state index contributed by atoms with van der Waals surface area (Å²) in [6.07, 6.45) is 1.02. The second-order valence-corrected chi connectivity index (χ2v) is 5.24. The largest absolute Gasteiger partial charge is 0.273 e. The van der Waals surface area contributed by atoms with Gasteiger partial charge in [0.25, 0.3) is 0 Å². The smallest absolute Gasteiger partial charge is 0.243 e. The summed E-state index contributed by atoms with van der Waals surface area (Å²) in [5, 5.41) is 0. The molecule has 2 amide bonds. The van der Waals surface area contributed by atoms with Crippen LogP contribution in [0.4, 0.5) is 0 Å². The van der Waals surface area contributed by atoms with Crippen LogP contribution in [0.2, 0.25) is 0 Å². The number of rotatable bonds is 3. The summed E-state index contributed by atoms with van der Waals surface area (Å²) in [7, 11) is 0. The molecule has 0 fully saturated rings. The number of carbonyl (C=O) groups is 2. The molecule has 4 nitrogen and oxygen atoms in total. The number of amides is 2. The van der Waals surface area contributed by atoms with Gasteiger partial charge in [-0.05, 0) is 12.0 Å². The lowest BCUT2D eigenvalue weighted by Crippen LogP contribution is -2.46. The normalized spacial score (nSPS) is 10.8. The molecule has 1 rings (SSSR count). The number of hydrogen-bond donors (Lipinski definition) is 2. The number of hydrogen-bond acceptors (Lipinski definition) is 2. The van der Waals surface area contributed by atoms with Crippen molar-refractivity contribution in [2.75, 3.05) is 0 Å². The van der Waals surface area contributed by atoms with Gasteiger partial charge in [-0.1, -0.05) is 51.1 Å². The molecule has 98 valence electrons. The highest BCUT2D eigenvalue weighted by atomic mass is 16.2. The Morgan fingerprint density at radius 2 is 1.67 bits per heavy atom. The van der Waals surface area contributed by atoms with Crippen LogP contribution >= 0.6 is 0 Å². The SMILES string of the molecule is CC(C)(C)C(=O)NNC(=O)CCc1ccccc1. The summed E-state index contributed by atoms with van der Waals surface area (Å²) >= 11 is 0. The van der Waals surface area contributed by atoms with Gasteiger partial charge in [0.15, 0.2) is 0 Å². The van der Waals surface area contributed by atoms with Gasteiger partial charge in [-0.2, -0.15) is 0 Å². The number of nitrogens with one attached hydrogen (secondary N) is 2. The van der Waals surface area contributed by atoms with Crippen molar-refractivity contribution in [3.63, 3.8) is 0 Å². The highest BCUT2D eigenvalue weighted by molar-refractivity contribution is 5.85. The van der Waals surface area contributed by atoms with Gasteiger partial charge < -0.3 is 0 Å². The van der Waals surface area contributed by atoms with Gasteiger partial charge in [0.2, 0.25) is 11.8 Å². The van der Waals surface area contributed by atoms with E-state index in [2.05, 4.69) is 10.9 Å². The van der Waals surface area contributed by atoms with Crippen LogP contribution in [0.15, 0.2) is 30.3 Å². The van der Waals surface area contributed by atoms with Crippen LogP contribution in [0, 0.1) is 5.41 Å². The van der Waals surface area contributed by atoms with Crippen molar-refractivity contribution < 1.29 is 9.59 Å². The predicted octanol–water partition coefficient (Wildman–Crippen LogP) is 1.81. The number of aryl methyl sites for hydroxylation is 1. The minimum absolute atomic E-state index is 0.184. The zero-order valence-corrected chi connectivity index (χ0v) is 11.1. The molecule has 0 bridgehead atoms. The maximum Gasteiger partial charge on any atom is 0.243 e. The van der Waals surface area contributed by atoms with E-state index in [1.54, 1.807) is 20.8 Å². The van der Waals surface area contributed by atoms with E-state index in [0.29, 0.717) is 12.8 Å². The summed E-state index contributed by atoms with van der Waals surface area (Å²) in [6.45, 7) is 5.37. The molecule has 0 aliphatic rings. The molecule has 0 radical (unpaired) electrons. The van der Waals surface area contributed by atoms with Gasteiger partial charge in [0.1, 0.15) is 0 Å². The molecular formula is C14H20N2O2. The van der Waals surface area contributed by atoms with Gasteiger partial charge >= 0.3 is 0 Å². The van der Waals surface area contributed by atoms with Crippen molar-refractivity contribution in [1.29, 1.82) is 0 Å². The standard InChI is InChI=1S/C14H20N2O2/c1-14(2,3)13(18)16-15-12(17)10-9-11-7-5-4-6-8-11/h4-8H,9-10H2,1-3H3,(H,15,17)(H,16,18). The molecule has 2 N–H and O–H groups in total. The predicted molar refractivity (Wildman–Crippen MR) is 70.5 cm³/mol. The van der Waals surface area contributed by atoms with Crippen LogP contribution in [0.1, 0.15) is 32.8 Å². The van der Waals surface area contributed by atoms with Crippen molar-refractivity contribution >= 4 is 11.8 Å². The zero-order valence-electron chi connectivity index (χ0n) is 11.1. The van der Waals surface area contributed by atoms with Gasteiger partial charge in [0.05, 0.1) is 0 Å². The molecule has 0 aliphatic heterocycles. The minimum atomic E-state index is -0.507. The van der Waals surface area contributed by atoms with Gasteiger partial charge in [-0.15, -0.1) is 0 Å². The fourth-order valence-corrected chi connectivity index (χ4v) is 1.28. The second kappa shape index (κ2) is 6.19. The van der Waals surface area contributed by atoms with Crippen molar-refractivity contribution in [2.24, 2.45) is 5.41 Å². The quantitative estimate of drug-likeness (QED) is 0.801.